The van der Waals surface area contributed by atoms with Crippen molar-refractivity contribution in [1.29, 1.82) is 0 Å². The Morgan fingerprint density at radius 2 is 0.925 bits per heavy atom. The van der Waals surface area contributed by atoms with Gasteiger partial charge in [-0.25, -0.2) is 0 Å². The van der Waals surface area contributed by atoms with Gasteiger partial charge < -0.3 is 9.13 Å². The van der Waals surface area contributed by atoms with Crippen molar-refractivity contribution < 1.29 is 0 Å². The largest absolute Gasteiger partial charge is 0.309 e. The van der Waals surface area contributed by atoms with E-state index in [0.717, 1.165) is 0 Å². The highest BCUT2D eigenvalue weighted by Crippen LogP contribution is 2.50. The quantitative estimate of drug-likeness (QED) is 0.176. The average molecular weight is 677 g/mol. The minimum absolute atomic E-state index is 0.0780. The molecule has 8 aromatic carbocycles. The number of benzene rings is 8. The van der Waals surface area contributed by atoms with E-state index in [1.165, 1.54) is 99.5 Å². The molecule has 11 rings (SSSR count). The number of hydrogen-bond acceptors (Lipinski definition) is 0. The highest BCUT2D eigenvalue weighted by molar-refractivity contribution is 6.17. The monoisotopic (exact) mass is 676 g/mol. The fraction of sp³-hybridized carbons (Fsp3) is 0.0588. The van der Waals surface area contributed by atoms with Crippen LogP contribution in [0.4, 0.5) is 0 Å². The molecular formula is C51H36N2. The molecule has 1 aliphatic carbocycles. The summed E-state index contributed by atoms with van der Waals surface area (Å²) >= 11 is 0. The predicted octanol–water partition coefficient (Wildman–Crippen LogP) is 13.5. The number of rotatable bonds is 4. The van der Waals surface area contributed by atoms with Crippen LogP contribution >= 0.6 is 0 Å². The van der Waals surface area contributed by atoms with Crippen LogP contribution < -0.4 is 0 Å². The van der Waals surface area contributed by atoms with Crippen molar-refractivity contribution >= 4 is 43.6 Å². The molecule has 2 aromatic heterocycles. The molecule has 0 atom stereocenters. The molecule has 1 aliphatic rings. The summed E-state index contributed by atoms with van der Waals surface area (Å²) in [6, 6.07) is 67.1. The van der Waals surface area contributed by atoms with E-state index in [1.807, 2.05) is 0 Å². The molecule has 0 fully saturated rings. The molecule has 0 unspecified atom stereocenters. The van der Waals surface area contributed by atoms with Gasteiger partial charge in [-0.15, -0.1) is 0 Å². The third-order valence-corrected chi connectivity index (χ3v) is 11.7. The molecule has 2 nitrogen and oxygen atoms in total. The molecule has 0 saturated heterocycles. The fourth-order valence-corrected chi connectivity index (χ4v) is 9.23. The summed E-state index contributed by atoms with van der Waals surface area (Å²) in [4.78, 5) is 0. The first-order valence-electron chi connectivity index (χ1n) is 18.5. The van der Waals surface area contributed by atoms with Gasteiger partial charge >= 0.3 is 0 Å². The van der Waals surface area contributed by atoms with Gasteiger partial charge in [0.1, 0.15) is 0 Å². The van der Waals surface area contributed by atoms with Crippen molar-refractivity contribution in [2.24, 2.45) is 0 Å². The minimum Gasteiger partial charge on any atom is -0.309 e. The van der Waals surface area contributed by atoms with Gasteiger partial charge in [-0.05, 0) is 105 Å². The van der Waals surface area contributed by atoms with Gasteiger partial charge in [0.2, 0.25) is 0 Å². The first-order valence-corrected chi connectivity index (χ1v) is 18.5. The fourth-order valence-electron chi connectivity index (χ4n) is 9.23. The summed E-state index contributed by atoms with van der Waals surface area (Å²) in [7, 11) is 0. The van der Waals surface area contributed by atoms with Crippen molar-refractivity contribution in [2.75, 3.05) is 0 Å². The van der Waals surface area contributed by atoms with Gasteiger partial charge in [-0.3, -0.25) is 0 Å². The molecule has 250 valence electrons. The predicted molar refractivity (Wildman–Crippen MR) is 224 cm³/mol. The normalized spacial score (nSPS) is 13.2. The summed E-state index contributed by atoms with van der Waals surface area (Å²) in [5, 5.41) is 5.06. The lowest BCUT2D eigenvalue weighted by Gasteiger charge is -2.22. The Morgan fingerprint density at radius 1 is 0.340 bits per heavy atom. The average Bonchev–Trinajstić information content (AvgIpc) is 3.81. The molecule has 2 heteroatoms. The number of fused-ring (bicyclic) bond motifs is 9. The summed E-state index contributed by atoms with van der Waals surface area (Å²) < 4.78 is 4.87. The third-order valence-electron chi connectivity index (χ3n) is 11.7. The van der Waals surface area contributed by atoms with Crippen molar-refractivity contribution in [3.63, 3.8) is 0 Å². The molecule has 0 radical (unpaired) electrons. The van der Waals surface area contributed by atoms with Crippen molar-refractivity contribution in [3.05, 3.63) is 193 Å². The van der Waals surface area contributed by atoms with Crippen molar-refractivity contribution in [2.45, 2.75) is 19.3 Å². The molecule has 2 heterocycles. The molecule has 53 heavy (non-hydrogen) atoms. The standard InChI is InChI=1S/C51H36N2/c1-51(2)44-21-11-9-18-39(44)40-27-26-37(32-45(40)51)53-48-29-25-35(31-43(48)50-38(20-13-23-49(50)53)33-14-5-3-6-15-33)34-24-28-47-42(30-34)41-19-10-12-22-46(41)52(47)36-16-7-4-8-17-36/h3-32H,1-2H3. The van der Waals surface area contributed by atoms with Crippen LogP contribution in [-0.4, -0.2) is 9.13 Å². The minimum atomic E-state index is -0.0780. The zero-order chi connectivity index (χ0) is 35.3. The SMILES string of the molecule is CC1(C)c2ccccc2-c2ccc(-n3c4ccc(-c5ccc6c(c5)c5ccccc5n6-c5ccccc5)cc4c4c(-c5ccccc5)cccc43)cc21. The number of nitrogens with zero attached hydrogens (tertiary/aromatic N) is 2. The summed E-state index contributed by atoms with van der Waals surface area (Å²) in [6.45, 7) is 4.72. The third kappa shape index (κ3) is 4.33. The van der Waals surface area contributed by atoms with Crippen LogP contribution in [0.5, 0.6) is 0 Å². The van der Waals surface area contributed by atoms with Crippen LogP contribution in [0.2, 0.25) is 0 Å². The maximum absolute atomic E-state index is 2.48. The highest BCUT2D eigenvalue weighted by atomic mass is 15.0. The molecule has 0 bridgehead atoms. The molecule has 0 N–H and O–H groups in total. The zero-order valence-electron chi connectivity index (χ0n) is 29.7. The van der Waals surface area contributed by atoms with Crippen molar-refractivity contribution in [3.8, 4) is 44.8 Å². The Labute approximate surface area is 308 Å². The van der Waals surface area contributed by atoms with E-state index in [4.69, 9.17) is 0 Å². The second-order valence-electron chi connectivity index (χ2n) is 15.0. The Bertz CT molecular complexity index is 3070. The van der Waals surface area contributed by atoms with Gasteiger partial charge in [0.05, 0.1) is 22.1 Å². The first kappa shape index (κ1) is 30.0. The van der Waals surface area contributed by atoms with Crippen LogP contribution in [0.25, 0.3) is 88.4 Å². The second kappa shape index (κ2) is 11.2. The second-order valence-corrected chi connectivity index (χ2v) is 15.0. The first-order chi connectivity index (χ1) is 26.1. The summed E-state index contributed by atoms with van der Waals surface area (Å²) in [5.41, 5.74) is 17.5. The Kier molecular flexibility index (Phi) is 6.33. The smallest absolute Gasteiger partial charge is 0.0547 e. The lowest BCUT2D eigenvalue weighted by atomic mass is 9.82. The van der Waals surface area contributed by atoms with E-state index < -0.39 is 0 Å². The topological polar surface area (TPSA) is 9.86 Å². The van der Waals surface area contributed by atoms with E-state index in [1.54, 1.807) is 0 Å². The molecule has 0 amide bonds. The maximum atomic E-state index is 2.48. The Balaban J connectivity index is 1.15. The lowest BCUT2D eigenvalue weighted by Crippen LogP contribution is -2.15. The van der Waals surface area contributed by atoms with Crippen LogP contribution in [-0.2, 0) is 5.41 Å². The summed E-state index contributed by atoms with van der Waals surface area (Å²) in [6.07, 6.45) is 0. The summed E-state index contributed by atoms with van der Waals surface area (Å²) in [5.74, 6) is 0. The number of aromatic nitrogens is 2. The van der Waals surface area contributed by atoms with Crippen LogP contribution in [0, 0.1) is 0 Å². The van der Waals surface area contributed by atoms with Crippen LogP contribution in [0.15, 0.2) is 182 Å². The number of hydrogen-bond donors (Lipinski definition) is 0. The van der Waals surface area contributed by atoms with Crippen molar-refractivity contribution in [1.82, 2.24) is 9.13 Å². The molecule has 0 saturated carbocycles. The lowest BCUT2D eigenvalue weighted by molar-refractivity contribution is 0.660. The van der Waals surface area contributed by atoms with Crippen LogP contribution in [0.1, 0.15) is 25.0 Å². The van der Waals surface area contributed by atoms with Gasteiger partial charge in [-0.1, -0.05) is 135 Å². The Hall–Kier alpha value is -6.64. The molecule has 0 spiro atoms. The van der Waals surface area contributed by atoms with Gasteiger partial charge in [0.15, 0.2) is 0 Å². The molecule has 0 aliphatic heterocycles. The maximum Gasteiger partial charge on any atom is 0.0547 e. The zero-order valence-corrected chi connectivity index (χ0v) is 29.7. The van der Waals surface area contributed by atoms with Gasteiger partial charge in [0, 0.05) is 38.3 Å². The van der Waals surface area contributed by atoms with Gasteiger partial charge in [-0.2, -0.15) is 0 Å². The van der Waals surface area contributed by atoms with Gasteiger partial charge in [0.25, 0.3) is 0 Å². The molecule has 10 aromatic rings. The Morgan fingerprint density at radius 3 is 1.74 bits per heavy atom. The molecular weight excluding hydrogens is 641 g/mol. The van der Waals surface area contributed by atoms with E-state index in [-0.39, 0.29) is 5.41 Å². The van der Waals surface area contributed by atoms with E-state index in [2.05, 4.69) is 205 Å². The van der Waals surface area contributed by atoms with E-state index in [0.29, 0.717) is 0 Å². The van der Waals surface area contributed by atoms with Crippen LogP contribution in [0.3, 0.4) is 0 Å². The number of para-hydroxylation sites is 2. The van der Waals surface area contributed by atoms with E-state index >= 15 is 0 Å². The van der Waals surface area contributed by atoms with E-state index in [9.17, 15) is 0 Å². The highest BCUT2D eigenvalue weighted by Gasteiger charge is 2.35.